The van der Waals surface area contributed by atoms with E-state index in [0.29, 0.717) is 6.42 Å². The predicted octanol–water partition coefficient (Wildman–Crippen LogP) is 2.02. The van der Waals surface area contributed by atoms with Crippen LogP contribution in [-0.2, 0) is 4.79 Å². The molecule has 90 valence electrons. The van der Waals surface area contributed by atoms with Gasteiger partial charge in [0.2, 0.25) is 5.91 Å². The molecule has 15 heavy (non-hydrogen) atoms. The highest BCUT2D eigenvalue weighted by Gasteiger charge is 2.21. The van der Waals surface area contributed by atoms with Crippen LogP contribution in [0, 0.1) is 0 Å². The quantitative estimate of drug-likeness (QED) is 0.779. The Morgan fingerprint density at radius 2 is 1.60 bits per heavy atom. The molecule has 0 aromatic heterocycles. The fourth-order valence-corrected chi connectivity index (χ4v) is 1.09. The van der Waals surface area contributed by atoms with Gasteiger partial charge in [-0.1, -0.05) is 0 Å². The summed E-state index contributed by atoms with van der Waals surface area (Å²) in [6.07, 6.45) is 0.561. The van der Waals surface area contributed by atoms with Crippen molar-refractivity contribution in [3.63, 3.8) is 0 Å². The summed E-state index contributed by atoms with van der Waals surface area (Å²) >= 11 is 0. The second-order valence-electron chi connectivity index (χ2n) is 6.05. The second kappa shape index (κ2) is 4.97. The third-order valence-electron chi connectivity index (χ3n) is 2.37. The van der Waals surface area contributed by atoms with Crippen LogP contribution < -0.4 is 5.32 Å². The summed E-state index contributed by atoms with van der Waals surface area (Å²) in [5.74, 6) is 0.194. The zero-order valence-corrected chi connectivity index (χ0v) is 11.3. The molecule has 0 fully saturated rings. The Bertz CT molecular complexity index is 211. The first-order chi connectivity index (χ1) is 6.54. The molecule has 0 aliphatic carbocycles. The number of amides is 1. The Labute approximate surface area is 94.2 Å². The van der Waals surface area contributed by atoms with Crippen molar-refractivity contribution in [3.05, 3.63) is 0 Å². The summed E-state index contributed by atoms with van der Waals surface area (Å²) < 4.78 is 0. The van der Waals surface area contributed by atoms with E-state index in [4.69, 9.17) is 0 Å². The summed E-state index contributed by atoms with van der Waals surface area (Å²) in [5.41, 5.74) is -0.000595. The minimum atomic E-state index is -0.0845. The maximum atomic E-state index is 11.8. The van der Waals surface area contributed by atoms with Gasteiger partial charge in [-0.2, -0.15) is 0 Å². The highest BCUT2D eigenvalue weighted by molar-refractivity contribution is 5.76. The van der Waals surface area contributed by atoms with Crippen molar-refractivity contribution >= 4 is 5.91 Å². The van der Waals surface area contributed by atoms with Crippen LogP contribution in [0.3, 0.4) is 0 Å². The molecule has 0 aromatic rings. The first-order valence-electron chi connectivity index (χ1n) is 5.56. The Morgan fingerprint density at radius 3 is 1.93 bits per heavy atom. The number of carbonyl (C=O) groups excluding carboxylic acids is 1. The molecule has 1 N–H and O–H groups in total. The van der Waals surface area contributed by atoms with Crippen molar-refractivity contribution in [2.45, 2.75) is 59.0 Å². The molecular weight excluding hydrogens is 188 g/mol. The summed E-state index contributed by atoms with van der Waals surface area (Å²) in [5, 5.41) is 3.31. The van der Waals surface area contributed by atoms with Crippen molar-refractivity contribution in [1.82, 2.24) is 10.2 Å². The predicted molar refractivity (Wildman–Crippen MR) is 64.9 cm³/mol. The number of rotatable bonds is 3. The van der Waals surface area contributed by atoms with E-state index in [1.165, 1.54) is 0 Å². The Balaban J connectivity index is 3.96. The van der Waals surface area contributed by atoms with Crippen LogP contribution in [0.5, 0.6) is 0 Å². The van der Waals surface area contributed by atoms with Gasteiger partial charge in [0.05, 0.1) is 0 Å². The van der Waals surface area contributed by atoms with Gasteiger partial charge in [-0.3, -0.25) is 4.79 Å². The molecule has 0 unspecified atom stereocenters. The maximum Gasteiger partial charge on any atom is 0.224 e. The SMILES string of the molecule is CN(C(=O)CCNC(C)(C)C)C(C)(C)C. The van der Waals surface area contributed by atoms with Gasteiger partial charge in [0.1, 0.15) is 0 Å². The standard InChI is InChI=1S/C12H26N2O/c1-11(2,3)13-9-8-10(15)14(7)12(4,5)6/h13H,8-9H2,1-7H3. The highest BCUT2D eigenvalue weighted by Crippen LogP contribution is 2.11. The van der Waals surface area contributed by atoms with Crippen molar-refractivity contribution in [2.24, 2.45) is 0 Å². The van der Waals surface area contributed by atoms with Crippen LogP contribution >= 0.6 is 0 Å². The van der Waals surface area contributed by atoms with Gasteiger partial charge in [-0.25, -0.2) is 0 Å². The third kappa shape index (κ3) is 6.50. The Kier molecular flexibility index (Phi) is 4.78. The van der Waals surface area contributed by atoms with Crippen LogP contribution in [0.4, 0.5) is 0 Å². The number of hydrogen-bond donors (Lipinski definition) is 1. The van der Waals surface area contributed by atoms with Gasteiger partial charge in [0.15, 0.2) is 0 Å². The topological polar surface area (TPSA) is 32.3 Å². The molecule has 0 aromatic carbocycles. The molecular formula is C12H26N2O. The van der Waals surface area contributed by atoms with E-state index in [1.54, 1.807) is 4.90 Å². The zero-order chi connectivity index (χ0) is 12.3. The lowest BCUT2D eigenvalue weighted by atomic mass is 10.1. The molecule has 0 bridgehead atoms. The fourth-order valence-electron chi connectivity index (χ4n) is 1.09. The van der Waals surface area contributed by atoms with E-state index in [9.17, 15) is 4.79 Å². The summed E-state index contributed by atoms with van der Waals surface area (Å²) in [6.45, 7) is 13.2. The summed E-state index contributed by atoms with van der Waals surface area (Å²) in [6, 6.07) is 0. The normalized spacial score (nSPS) is 12.7. The molecule has 3 heteroatoms. The van der Waals surface area contributed by atoms with E-state index in [2.05, 4.69) is 26.1 Å². The number of carbonyl (C=O) groups is 1. The fraction of sp³-hybridized carbons (Fsp3) is 0.917. The van der Waals surface area contributed by atoms with E-state index < -0.39 is 0 Å². The molecule has 0 rings (SSSR count). The minimum absolute atomic E-state index is 0.0839. The number of nitrogens with zero attached hydrogens (tertiary/aromatic N) is 1. The number of hydrogen-bond acceptors (Lipinski definition) is 2. The summed E-state index contributed by atoms with van der Waals surface area (Å²) in [7, 11) is 1.86. The van der Waals surface area contributed by atoms with E-state index in [-0.39, 0.29) is 17.0 Å². The van der Waals surface area contributed by atoms with Gasteiger partial charge in [-0.15, -0.1) is 0 Å². The van der Waals surface area contributed by atoms with Crippen LogP contribution in [0.1, 0.15) is 48.0 Å². The molecule has 0 spiro atoms. The largest absolute Gasteiger partial charge is 0.341 e. The Morgan fingerprint density at radius 1 is 1.13 bits per heavy atom. The molecule has 0 aliphatic heterocycles. The lowest BCUT2D eigenvalue weighted by molar-refractivity contribution is -0.133. The molecule has 0 atom stereocenters. The zero-order valence-electron chi connectivity index (χ0n) is 11.3. The monoisotopic (exact) mass is 214 g/mol. The summed E-state index contributed by atoms with van der Waals surface area (Å²) in [4.78, 5) is 13.6. The van der Waals surface area contributed by atoms with Crippen LogP contribution in [0.25, 0.3) is 0 Å². The Hall–Kier alpha value is -0.570. The number of nitrogens with one attached hydrogen (secondary N) is 1. The molecule has 0 saturated heterocycles. The molecule has 3 nitrogen and oxygen atoms in total. The lowest BCUT2D eigenvalue weighted by Crippen LogP contribution is -2.44. The third-order valence-corrected chi connectivity index (χ3v) is 2.37. The van der Waals surface area contributed by atoms with Gasteiger partial charge in [0.25, 0.3) is 0 Å². The average Bonchev–Trinajstić information content (AvgIpc) is 1.98. The highest BCUT2D eigenvalue weighted by atomic mass is 16.2. The van der Waals surface area contributed by atoms with Gasteiger partial charge >= 0.3 is 0 Å². The van der Waals surface area contributed by atoms with Crippen LogP contribution in [-0.4, -0.2) is 35.5 Å². The van der Waals surface area contributed by atoms with E-state index >= 15 is 0 Å². The second-order valence-corrected chi connectivity index (χ2v) is 6.05. The van der Waals surface area contributed by atoms with Gasteiger partial charge in [-0.05, 0) is 41.5 Å². The van der Waals surface area contributed by atoms with E-state index in [0.717, 1.165) is 6.54 Å². The van der Waals surface area contributed by atoms with Crippen LogP contribution in [0.2, 0.25) is 0 Å². The molecule has 0 saturated carbocycles. The molecule has 0 aliphatic rings. The van der Waals surface area contributed by atoms with Crippen molar-refractivity contribution in [1.29, 1.82) is 0 Å². The lowest BCUT2D eigenvalue weighted by Gasteiger charge is -2.32. The molecule has 0 heterocycles. The van der Waals surface area contributed by atoms with Crippen molar-refractivity contribution in [3.8, 4) is 0 Å². The van der Waals surface area contributed by atoms with Gasteiger partial charge < -0.3 is 10.2 Å². The first kappa shape index (κ1) is 14.4. The van der Waals surface area contributed by atoms with Crippen molar-refractivity contribution in [2.75, 3.05) is 13.6 Å². The molecule has 0 radical (unpaired) electrons. The van der Waals surface area contributed by atoms with Crippen LogP contribution in [0.15, 0.2) is 0 Å². The first-order valence-corrected chi connectivity index (χ1v) is 5.56. The van der Waals surface area contributed by atoms with E-state index in [1.807, 2.05) is 27.8 Å². The average molecular weight is 214 g/mol. The van der Waals surface area contributed by atoms with Gasteiger partial charge in [0, 0.05) is 31.1 Å². The minimum Gasteiger partial charge on any atom is -0.341 e. The maximum absolute atomic E-state index is 11.8. The smallest absolute Gasteiger partial charge is 0.224 e. The van der Waals surface area contributed by atoms with Crippen molar-refractivity contribution < 1.29 is 4.79 Å². The molecule has 1 amide bonds.